The van der Waals surface area contributed by atoms with E-state index in [4.69, 9.17) is 0 Å². The van der Waals surface area contributed by atoms with Gasteiger partial charge in [0.15, 0.2) is 0 Å². The maximum absolute atomic E-state index is 13.1. The van der Waals surface area contributed by atoms with Crippen LogP contribution in [0.1, 0.15) is 47.1 Å². The number of nitrogens with zero attached hydrogens (tertiary/aromatic N) is 3. The summed E-state index contributed by atoms with van der Waals surface area (Å²) in [5.41, 5.74) is 1.91. The van der Waals surface area contributed by atoms with Gasteiger partial charge in [0.2, 0.25) is 0 Å². The summed E-state index contributed by atoms with van der Waals surface area (Å²) in [6, 6.07) is 8.75. The number of benzene rings is 1. The highest BCUT2D eigenvalue weighted by Crippen LogP contribution is 2.31. The predicted molar refractivity (Wildman–Crippen MR) is 102 cm³/mol. The molecule has 1 amide bonds. The van der Waals surface area contributed by atoms with E-state index in [1.807, 2.05) is 22.6 Å². The summed E-state index contributed by atoms with van der Waals surface area (Å²) in [5, 5.41) is 5.64. The number of rotatable bonds is 3. The summed E-state index contributed by atoms with van der Waals surface area (Å²) in [5.74, 6) is -0.110. The number of hydrogen-bond donors (Lipinski definition) is 0. The highest BCUT2D eigenvalue weighted by atomic mass is 32.1. The summed E-state index contributed by atoms with van der Waals surface area (Å²) in [6.07, 6.45) is 3.36. The zero-order chi connectivity index (χ0) is 18.3. The quantitative estimate of drug-likeness (QED) is 0.674. The average molecular weight is 371 g/mol. The highest BCUT2D eigenvalue weighted by Gasteiger charge is 2.26. The van der Waals surface area contributed by atoms with Crippen molar-refractivity contribution in [3.63, 3.8) is 0 Å². The van der Waals surface area contributed by atoms with Crippen LogP contribution in [0.3, 0.4) is 0 Å². The fourth-order valence-electron chi connectivity index (χ4n) is 3.63. The van der Waals surface area contributed by atoms with E-state index in [-0.39, 0.29) is 11.7 Å². The van der Waals surface area contributed by atoms with Crippen LogP contribution in [0.5, 0.6) is 0 Å². The normalized spacial score (nSPS) is 17.8. The molecule has 1 aliphatic heterocycles. The maximum Gasteiger partial charge on any atom is 0.264 e. The van der Waals surface area contributed by atoms with Crippen molar-refractivity contribution in [3.05, 3.63) is 52.3 Å². The van der Waals surface area contributed by atoms with Crippen LogP contribution in [0.4, 0.5) is 4.39 Å². The highest BCUT2D eigenvalue weighted by molar-refractivity contribution is 7.20. The van der Waals surface area contributed by atoms with Crippen LogP contribution < -0.4 is 0 Å². The molecule has 2 aromatic heterocycles. The van der Waals surface area contributed by atoms with Gasteiger partial charge in [-0.3, -0.25) is 9.48 Å². The van der Waals surface area contributed by atoms with E-state index < -0.39 is 0 Å². The van der Waals surface area contributed by atoms with E-state index in [0.29, 0.717) is 12.6 Å². The van der Waals surface area contributed by atoms with Crippen molar-refractivity contribution in [3.8, 4) is 0 Å². The van der Waals surface area contributed by atoms with Gasteiger partial charge < -0.3 is 4.90 Å². The van der Waals surface area contributed by atoms with Crippen LogP contribution in [-0.2, 0) is 6.54 Å². The Labute approximate surface area is 156 Å². The molecule has 3 heterocycles. The summed E-state index contributed by atoms with van der Waals surface area (Å²) in [6.45, 7) is 5.51. The van der Waals surface area contributed by atoms with Gasteiger partial charge in [-0.2, -0.15) is 5.10 Å². The summed E-state index contributed by atoms with van der Waals surface area (Å²) in [7, 11) is 0. The van der Waals surface area contributed by atoms with Gasteiger partial charge in [0, 0.05) is 18.0 Å². The molecule has 136 valence electrons. The third kappa shape index (κ3) is 3.14. The van der Waals surface area contributed by atoms with Crippen LogP contribution in [0.15, 0.2) is 30.3 Å². The molecule has 1 aliphatic rings. The Morgan fingerprint density at radius 2 is 2.08 bits per heavy atom. The molecular weight excluding hydrogens is 349 g/mol. The first kappa shape index (κ1) is 17.2. The molecule has 1 atom stereocenters. The van der Waals surface area contributed by atoms with Crippen LogP contribution in [-0.4, -0.2) is 33.2 Å². The number of carbonyl (C=O) groups is 1. The first-order valence-electron chi connectivity index (χ1n) is 9.05. The summed E-state index contributed by atoms with van der Waals surface area (Å²) < 4.78 is 15.0. The molecule has 4 rings (SSSR count). The molecule has 4 nitrogen and oxygen atoms in total. The Kier molecular flexibility index (Phi) is 4.53. The van der Waals surface area contributed by atoms with Crippen molar-refractivity contribution in [1.29, 1.82) is 0 Å². The number of aromatic nitrogens is 2. The van der Waals surface area contributed by atoms with E-state index in [2.05, 4.69) is 12.0 Å². The van der Waals surface area contributed by atoms with Gasteiger partial charge in [0.05, 0.1) is 17.1 Å². The lowest BCUT2D eigenvalue weighted by Crippen LogP contribution is -2.41. The van der Waals surface area contributed by atoms with Crippen molar-refractivity contribution >= 4 is 27.5 Å². The predicted octanol–water partition coefficient (Wildman–Crippen LogP) is 4.61. The molecule has 0 aliphatic carbocycles. The lowest BCUT2D eigenvalue weighted by Gasteiger charge is -2.33. The number of piperidine rings is 1. The number of hydrogen-bond acceptors (Lipinski definition) is 3. The van der Waals surface area contributed by atoms with Gasteiger partial charge in [-0.15, -0.1) is 11.3 Å². The largest absolute Gasteiger partial charge is 0.335 e. The summed E-state index contributed by atoms with van der Waals surface area (Å²) in [4.78, 5) is 16.7. The Morgan fingerprint density at radius 3 is 2.81 bits per heavy atom. The topological polar surface area (TPSA) is 38.1 Å². The molecule has 0 saturated carbocycles. The monoisotopic (exact) mass is 371 g/mol. The second-order valence-electron chi connectivity index (χ2n) is 7.04. The van der Waals surface area contributed by atoms with Crippen molar-refractivity contribution in [2.45, 2.75) is 45.7 Å². The standard InChI is InChI=1S/C20H22FN3OS/c1-13-5-3-4-10-23(13)19(25)18-11-17-14(2)22-24(20(17)26-18)12-15-6-8-16(21)9-7-15/h6-9,11,13H,3-5,10,12H2,1-2H3. The Morgan fingerprint density at radius 1 is 1.31 bits per heavy atom. The van der Waals surface area contributed by atoms with E-state index in [1.54, 1.807) is 12.1 Å². The number of fused-ring (bicyclic) bond motifs is 1. The molecule has 0 spiro atoms. The van der Waals surface area contributed by atoms with Crippen LogP contribution >= 0.6 is 11.3 Å². The zero-order valence-electron chi connectivity index (χ0n) is 15.0. The minimum Gasteiger partial charge on any atom is -0.335 e. The molecule has 1 unspecified atom stereocenters. The Balaban J connectivity index is 1.64. The van der Waals surface area contributed by atoms with E-state index in [9.17, 15) is 9.18 Å². The van der Waals surface area contributed by atoms with Gasteiger partial charge in [-0.1, -0.05) is 12.1 Å². The number of aryl methyl sites for hydroxylation is 1. The van der Waals surface area contributed by atoms with Gasteiger partial charge in [-0.25, -0.2) is 4.39 Å². The molecule has 3 aromatic rings. The molecule has 26 heavy (non-hydrogen) atoms. The van der Waals surface area contributed by atoms with E-state index in [1.165, 1.54) is 29.9 Å². The number of halogens is 1. The minimum atomic E-state index is -0.241. The number of thiophene rings is 1. The van der Waals surface area contributed by atoms with Crippen LogP contribution in [0.2, 0.25) is 0 Å². The third-order valence-corrected chi connectivity index (χ3v) is 6.26. The van der Waals surface area contributed by atoms with Crippen LogP contribution in [0.25, 0.3) is 10.2 Å². The third-order valence-electron chi connectivity index (χ3n) is 5.13. The van der Waals surface area contributed by atoms with Crippen molar-refractivity contribution < 1.29 is 9.18 Å². The first-order valence-corrected chi connectivity index (χ1v) is 9.87. The molecule has 0 N–H and O–H groups in total. The fourth-order valence-corrected chi connectivity index (χ4v) is 4.75. The molecule has 1 saturated heterocycles. The van der Waals surface area contributed by atoms with E-state index in [0.717, 1.165) is 45.7 Å². The molecule has 6 heteroatoms. The minimum absolute atomic E-state index is 0.131. The van der Waals surface area contributed by atoms with Gasteiger partial charge >= 0.3 is 0 Å². The molecule has 0 radical (unpaired) electrons. The second-order valence-corrected chi connectivity index (χ2v) is 8.07. The fraction of sp³-hybridized carbons (Fsp3) is 0.400. The average Bonchev–Trinajstić information content (AvgIpc) is 3.19. The number of amides is 1. The van der Waals surface area contributed by atoms with Gasteiger partial charge in [-0.05, 0) is 56.9 Å². The van der Waals surface area contributed by atoms with Crippen LogP contribution in [0, 0.1) is 12.7 Å². The number of carbonyl (C=O) groups excluding carboxylic acids is 1. The zero-order valence-corrected chi connectivity index (χ0v) is 15.9. The molecule has 1 aromatic carbocycles. The SMILES string of the molecule is Cc1nn(Cc2ccc(F)cc2)c2sc(C(=O)N3CCCCC3C)cc12. The Bertz CT molecular complexity index is 944. The molecule has 0 bridgehead atoms. The lowest BCUT2D eigenvalue weighted by atomic mass is 10.0. The van der Waals surface area contributed by atoms with E-state index >= 15 is 0 Å². The number of likely N-dealkylation sites (tertiary alicyclic amines) is 1. The molecular formula is C20H22FN3OS. The Hall–Kier alpha value is -2.21. The second kappa shape index (κ2) is 6.83. The van der Waals surface area contributed by atoms with Crippen molar-refractivity contribution in [2.24, 2.45) is 0 Å². The van der Waals surface area contributed by atoms with Crippen molar-refractivity contribution in [1.82, 2.24) is 14.7 Å². The van der Waals surface area contributed by atoms with Gasteiger partial charge in [0.1, 0.15) is 10.6 Å². The van der Waals surface area contributed by atoms with Gasteiger partial charge in [0.25, 0.3) is 5.91 Å². The summed E-state index contributed by atoms with van der Waals surface area (Å²) >= 11 is 1.51. The maximum atomic E-state index is 13.1. The van der Waals surface area contributed by atoms with Crippen molar-refractivity contribution in [2.75, 3.05) is 6.54 Å². The lowest BCUT2D eigenvalue weighted by molar-refractivity contribution is 0.0641. The smallest absolute Gasteiger partial charge is 0.264 e. The molecule has 1 fully saturated rings. The first-order chi connectivity index (χ1) is 12.5.